The molecule has 0 radical (unpaired) electrons. The molecule has 9 aromatic carbocycles. The van der Waals surface area contributed by atoms with E-state index in [4.69, 9.17) is 4.74 Å². The van der Waals surface area contributed by atoms with Crippen molar-refractivity contribution < 1.29 is 4.74 Å². The first kappa shape index (κ1) is 37.9. The van der Waals surface area contributed by atoms with E-state index in [1.807, 2.05) is 25.1 Å². The average Bonchev–Trinajstić information content (AvgIpc) is 3.30. The van der Waals surface area contributed by atoms with Crippen molar-refractivity contribution in [2.45, 2.75) is 13.8 Å². The molecule has 0 spiro atoms. The molecule has 9 rings (SSSR count). The highest BCUT2D eigenvalue weighted by atomic mass is 16.5. The lowest BCUT2D eigenvalue weighted by atomic mass is 9.99. The number of anilines is 6. The van der Waals surface area contributed by atoms with Crippen LogP contribution in [-0.4, -0.2) is 6.61 Å². The van der Waals surface area contributed by atoms with Crippen molar-refractivity contribution in [2.75, 3.05) is 16.4 Å². The SMILES string of the molecule is CCOc1ccc(N(c2ccccc2)c2ccc(C=Cc3ccc4cc5cc(C=Cc6ccc(N(c7ccccc7)c7ccc(C)cc7)cc6)ccc5cc4c3)cc2)cc1. The second-order valence-corrected chi connectivity index (χ2v) is 15.0. The molecule has 0 amide bonds. The first-order valence-corrected chi connectivity index (χ1v) is 20.6. The molecule has 0 saturated carbocycles. The van der Waals surface area contributed by atoms with Crippen LogP contribution in [0.3, 0.4) is 0 Å². The van der Waals surface area contributed by atoms with Crippen LogP contribution in [0.2, 0.25) is 0 Å². The minimum absolute atomic E-state index is 0.648. The van der Waals surface area contributed by atoms with E-state index in [0.717, 1.165) is 51.0 Å². The van der Waals surface area contributed by atoms with Crippen molar-refractivity contribution >= 4 is 80.0 Å². The van der Waals surface area contributed by atoms with Crippen molar-refractivity contribution in [1.29, 1.82) is 0 Å². The van der Waals surface area contributed by atoms with Crippen molar-refractivity contribution in [1.82, 2.24) is 0 Å². The van der Waals surface area contributed by atoms with Gasteiger partial charge in [0.25, 0.3) is 0 Å². The molecule has 0 aromatic heterocycles. The fraction of sp³-hybridized carbons (Fsp3) is 0.0526. The van der Waals surface area contributed by atoms with Gasteiger partial charge in [0.05, 0.1) is 6.61 Å². The largest absolute Gasteiger partial charge is 0.494 e. The zero-order valence-corrected chi connectivity index (χ0v) is 33.9. The molecule has 0 heterocycles. The van der Waals surface area contributed by atoms with Crippen LogP contribution in [0.1, 0.15) is 34.7 Å². The fourth-order valence-electron chi connectivity index (χ4n) is 7.70. The summed E-state index contributed by atoms with van der Waals surface area (Å²) >= 11 is 0. The summed E-state index contributed by atoms with van der Waals surface area (Å²) in [6.45, 7) is 4.78. The van der Waals surface area contributed by atoms with Gasteiger partial charge in [0, 0.05) is 34.1 Å². The molecule has 0 unspecified atom stereocenters. The van der Waals surface area contributed by atoms with Crippen LogP contribution in [-0.2, 0) is 0 Å². The third-order valence-electron chi connectivity index (χ3n) is 10.8. The Morgan fingerprint density at radius 1 is 0.350 bits per heavy atom. The highest BCUT2D eigenvalue weighted by molar-refractivity contribution is 6.00. The van der Waals surface area contributed by atoms with Crippen LogP contribution in [0, 0.1) is 6.92 Å². The minimum Gasteiger partial charge on any atom is -0.494 e. The van der Waals surface area contributed by atoms with Gasteiger partial charge in [0.2, 0.25) is 0 Å². The van der Waals surface area contributed by atoms with E-state index >= 15 is 0 Å². The van der Waals surface area contributed by atoms with Crippen molar-refractivity contribution in [3.63, 3.8) is 0 Å². The Hall–Kier alpha value is -7.62. The van der Waals surface area contributed by atoms with Gasteiger partial charge in [-0.1, -0.05) is 127 Å². The van der Waals surface area contributed by atoms with Crippen molar-refractivity contribution in [2.24, 2.45) is 0 Å². The topological polar surface area (TPSA) is 15.7 Å². The smallest absolute Gasteiger partial charge is 0.119 e. The summed E-state index contributed by atoms with van der Waals surface area (Å²) in [5.74, 6) is 0.874. The van der Waals surface area contributed by atoms with Crippen LogP contribution >= 0.6 is 0 Å². The van der Waals surface area contributed by atoms with E-state index in [1.54, 1.807) is 0 Å². The molecule has 0 N–H and O–H groups in total. The normalized spacial score (nSPS) is 11.4. The molecule has 3 nitrogen and oxygen atoms in total. The van der Waals surface area contributed by atoms with E-state index < -0.39 is 0 Å². The Balaban J connectivity index is 0.896. The number of ether oxygens (including phenoxy) is 1. The molecule has 0 saturated heterocycles. The first-order chi connectivity index (χ1) is 29.6. The molecule has 9 aromatic rings. The second kappa shape index (κ2) is 17.5. The fourth-order valence-corrected chi connectivity index (χ4v) is 7.70. The van der Waals surface area contributed by atoms with Gasteiger partial charge < -0.3 is 14.5 Å². The van der Waals surface area contributed by atoms with Crippen LogP contribution in [0.5, 0.6) is 5.75 Å². The van der Waals surface area contributed by atoms with Gasteiger partial charge in [-0.25, -0.2) is 0 Å². The Morgan fingerprint density at radius 2 is 0.700 bits per heavy atom. The molecule has 290 valence electrons. The van der Waals surface area contributed by atoms with Crippen molar-refractivity contribution in [3.05, 3.63) is 234 Å². The van der Waals surface area contributed by atoms with E-state index in [2.05, 4.69) is 229 Å². The number of rotatable bonds is 12. The minimum atomic E-state index is 0.648. The lowest BCUT2D eigenvalue weighted by molar-refractivity contribution is 0.340. The third kappa shape index (κ3) is 8.62. The summed E-state index contributed by atoms with van der Waals surface area (Å²) in [4.78, 5) is 4.56. The number of aryl methyl sites for hydroxylation is 1. The van der Waals surface area contributed by atoms with Gasteiger partial charge in [-0.2, -0.15) is 0 Å². The monoisotopic (exact) mass is 774 g/mol. The standard InChI is InChI=1S/C57H46N2O/c1-3-60-57-36-34-56(35-37-57)59(52-12-8-5-9-13-52)55-32-24-44(25-33-55)17-19-46-21-27-48-40-49-38-45(20-26-47(49)41-50(48)39-46)18-16-43-22-30-54(31-23-43)58(51-10-6-4-7-11-51)53-28-14-42(2)15-29-53/h4-41H,3H2,1-2H3. The molecule has 0 aliphatic carbocycles. The second-order valence-electron chi connectivity index (χ2n) is 15.0. The number of benzene rings is 9. The Morgan fingerprint density at radius 3 is 1.12 bits per heavy atom. The maximum Gasteiger partial charge on any atom is 0.119 e. The van der Waals surface area contributed by atoms with Crippen LogP contribution in [0.4, 0.5) is 34.1 Å². The van der Waals surface area contributed by atoms with Gasteiger partial charge in [-0.3, -0.25) is 0 Å². The summed E-state index contributed by atoms with van der Waals surface area (Å²) in [5, 5.41) is 4.92. The maximum atomic E-state index is 5.70. The quantitative estimate of drug-likeness (QED) is 0.0908. The van der Waals surface area contributed by atoms with Crippen LogP contribution in [0.25, 0.3) is 45.8 Å². The summed E-state index contributed by atoms with van der Waals surface area (Å²) in [6, 6.07) is 73.5. The highest BCUT2D eigenvalue weighted by Crippen LogP contribution is 2.37. The van der Waals surface area contributed by atoms with E-state index in [1.165, 1.54) is 38.2 Å². The molecule has 0 aliphatic rings. The van der Waals surface area contributed by atoms with Gasteiger partial charge >= 0.3 is 0 Å². The predicted molar refractivity (Wildman–Crippen MR) is 257 cm³/mol. The Kier molecular flexibility index (Phi) is 11.0. The van der Waals surface area contributed by atoms with Gasteiger partial charge in [-0.05, 0) is 167 Å². The lowest BCUT2D eigenvalue weighted by Crippen LogP contribution is -2.09. The van der Waals surface area contributed by atoms with E-state index in [9.17, 15) is 0 Å². The third-order valence-corrected chi connectivity index (χ3v) is 10.8. The first-order valence-electron chi connectivity index (χ1n) is 20.6. The average molecular weight is 775 g/mol. The lowest BCUT2D eigenvalue weighted by Gasteiger charge is -2.25. The summed E-state index contributed by atoms with van der Waals surface area (Å²) in [6.07, 6.45) is 8.78. The number of hydrogen-bond acceptors (Lipinski definition) is 3. The van der Waals surface area contributed by atoms with Crippen LogP contribution in [0.15, 0.2) is 206 Å². The predicted octanol–water partition coefficient (Wildman–Crippen LogP) is 16.0. The Bertz CT molecular complexity index is 2900. The number of hydrogen-bond donors (Lipinski definition) is 0. The van der Waals surface area contributed by atoms with Crippen LogP contribution < -0.4 is 14.5 Å². The summed E-state index contributed by atoms with van der Waals surface area (Å²) < 4.78 is 5.70. The zero-order chi connectivity index (χ0) is 40.7. The summed E-state index contributed by atoms with van der Waals surface area (Å²) in [7, 11) is 0. The van der Waals surface area contributed by atoms with Gasteiger partial charge in [0.1, 0.15) is 5.75 Å². The molecule has 0 bridgehead atoms. The molecule has 0 fully saturated rings. The molecule has 0 aliphatic heterocycles. The summed E-state index contributed by atoms with van der Waals surface area (Å²) in [5.41, 5.74) is 12.6. The molecular weight excluding hydrogens is 729 g/mol. The number of fused-ring (bicyclic) bond motifs is 2. The number of nitrogens with zero attached hydrogens (tertiary/aromatic N) is 2. The molecule has 60 heavy (non-hydrogen) atoms. The maximum absolute atomic E-state index is 5.70. The molecule has 0 atom stereocenters. The zero-order valence-electron chi connectivity index (χ0n) is 33.9. The molecular formula is C57H46N2O. The van der Waals surface area contributed by atoms with E-state index in [0.29, 0.717) is 6.61 Å². The van der Waals surface area contributed by atoms with Crippen molar-refractivity contribution in [3.8, 4) is 5.75 Å². The van der Waals surface area contributed by atoms with Gasteiger partial charge in [-0.15, -0.1) is 0 Å². The number of para-hydroxylation sites is 2. The Labute approximate surface area is 353 Å². The van der Waals surface area contributed by atoms with E-state index in [-0.39, 0.29) is 0 Å². The van der Waals surface area contributed by atoms with Gasteiger partial charge in [0.15, 0.2) is 0 Å². The highest BCUT2D eigenvalue weighted by Gasteiger charge is 2.13. The molecule has 3 heteroatoms.